The van der Waals surface area contributed by atoms with E-state index in [0.717, 1.165) is 4.68 Å². The fraction of sp³-hybridized carbons (Fsp3) is 0.526. The summed E-state index contributed by atoms with van der Waals surface area (Å²) in [6, 6.07) is 0. The first-order chi connectivity index (χ1) is 19.6. The Hall–Kier alpha value is -3.27. The number of imidazole rings is 1. The van der Waals surface area contributed by atoms with Crippen molar-refractivity contribution in [2.45, 2.75) is 49.3 Å². The second kappa shape index (κ2) is 10.5. The van der Waals surface area contributed by atoms with Gasteiger partial charge in [-0.3, -0.25) is 14.3 Å². The van der Waals surface area contributed by atoms with E-state index in [0.29, 0.717) is 11.3 Å². The number of nitrogens with one attached hydrogen (secondary N) is 1. The van der Waals surface area contributed by atoms with Crippen LogP contribution in [-0.4, -0.2) is 103 Å². The quantitative estimate of drug-likeness (QED) is 0.115. The zero-order valence-corrected chi connectivity index (χ0v) is 22.4. The molecule has 0 radical (unpaired) electrons. The van der Waals surface area contributed by atoms with E-state index in [9.17, 15) is 19.9 Å². The van der Waals surface area contributed by atoms with Crippen LogP contribution in [0.15, 0.2) is 17.3 Å². The van der Waals surface area contributed by atoms with Crippen molar-refractivity contribution in [2.75, 3.05) is 24.7 Å². The molecule has 0 aromatic carbocycles. The summed E-state index contributed by atoms with van der Waals surface area (Å²) in [7, 11) is 0. The van der Waals surface area contributed by atoms with E-state index < -0.39 is 68.4 Å². The minimum Gasteiger partial charge on any atom is -0.394 e. The summed E-state index contributed by atoms with van der Waals surface area (Å²) in [6.07, 6.45) is -6.31. The number of alkyl halides is 1. The summed E-state index contributed by atoms with van der Waals surface area (Å²) in [5.74, 6) is -0.0996. The number of H-pyrrole nitrogens is 1. The van der Waals surface area contributed by atoms with E-state index in [1.807, 2.05) is 0 Å². The Kier molecular flexibility index (Phi) is 7.16. The van der Waals surface area contributed by atoms with Gasteiger partial charge in [-0.2, -0.15) is 14.8 Å². The number of halogens is 1. The number of nitrogens with two attached hydrogens (primary N) is 2. The summed E-state index contributed by atoms with van der Waals surface area (Å²) >= 11 is 5.11. The van der Waals surface area contributed by atoms with Gasteiger partial charge in [0.1, 0.15) is 30.7 Å². The average molecular weight is 616 g/mol. The Labute approximate surface area is 232 Å². The Bertz CT molecular complexity index is 1700. The van der Waals surface area contributed by atoms with Crippen LogP contribution in [0.4, 0.5) is 16.2 Å². The van der Waals surface area contributed by atoms with Crippen molar-refractivity contribution < 1.29 is 38.0 Å². The van der Waals surface area contributed by atoms with Gasteiger partial charge in [-0.05, 0) is 11.8 Å². The van der Waals surface area contributed by atoms with Crippen molar-refractivity contribution in [3.8, 4) is 0 Å². The molecule has 0 amide bonds. The van der Waals surface area contributed by atoms with Gasteiger partial charge < -0.3 is 40.6 Å². The molecule has 0 bridgehead atoms. The van der Waals surface area contributed by atoms with Crippen molar-refractivity contribution in [3.05, 3.63) is 28.6 Å². The van der Waals surface area contributed by atoms with Crippen LogP contribution in [0.3, 0.4) is 0 Å². The van der Waals surface area contributed by atoms with Gasteiger partial charge in [0.15, 0.2) is 35.0 Å². The number of nitrogen functional groups attached to an aromatic ring is 2. The second-order valence-electron chi connectivity index (χ2n) is 9.21. The number of hydrogen-bond acceptors (Lipinski definition) is 16. The van der Waals surface area contributed by atoms with Crippen molar-refractivity contribution in [1.82, 2.24) is 44.5 Å². The Morgan fingerprint density at radius 2 is 2.07 bits per heavy atom. The lowest BCUT2D eigenvalue weighted by atomic mass is 10.1. The molecule has 0 saturated carbocycles. The monoisotopic (exact) mass is 615 g/mol. The minimum absolute atomic E-state index is 0.138. The molecule has 19 nitrogen and oxygen atoms in total. The molecule has 22 heteroatoms. The third kappa shape index (κ3) is 5.04. The lowest BCUT2D eigenvalue weighted by molar-refractivity contribution is -0.0569. The number of fused-ring (bicyclic) bond motifs is 2. The predicted octanol–water partition coefficient (Wildman–Crippen LogP) is -2.15. The molecule has 4 aromatic heterocycles. The van der Waals surface area contributed by atoms with E-state index in [-0.39, 0.29) is 29.4 Å². The van der Waals surface area contributed by atoms with E-state index >= 15 is 4.39 Å². The van der Waals surface area contributed by atoms with Gasteiger partial charge >= 0.3 is 6.72 Å². The van der Waals surface area contributed by atoms with Gasteiger partial charge in [-0.25, -0.2) is 18.9 Å². The summed E-state index contributed by atoms with van der Waals surface area (Å²) in [4.78, 5) is 37.2. The van der Waals surface area contributed by atoms with Crippen LogP contribution in [0.1, 0.15) is 24.4 Å². The standard InChI is InChI=1S/C19H23FN11O8PS/c20-11-9(3-32)38-18(31-15-12(28-29-31)17(34)27-19(22)26-15)13(11)39-40(35,41)36-4-10-7(33)1-8(37-10)6-2-23-16-14(21)24-5-25-30(6)16/h2,5,7-11,13,18,32-33H,1,3-4H2,(H,35,41)(H2,21,24,25)(H3,22,26,27,34)/t7-,8+,9+,10?,11-,13+,18+,40?/m0/s1. The number of aromatic nitrogens is 9. The molecule has 0 aliphatic carbocycles. The molecule has 0 spiro atoms. The second-order valence-corrected chi connectivity index (χ2v) is 12.0. The van der Waals surface area contributed by atoms with E-state index in [2.05, 4.69) is 35.3 Å². The van der Waals surface area contributed by atoms with E-state index in [4.69, 9.17) is 41.8 Å². The molecular formula is C19H23FN11O8PS. The van der Waals surface area contributed by atoms with Crippen molar-refractivity contribution >= 4 is 47.1 Å². The van der Waals surface area contributed by atoms with Crippen LogP contribution in [0.2, 0.25) is 0 Å². The SMILES string of the molecule is Nc1nc2c(nnn2[C@@H]2O[C@H](CO)[C@H](F)[C@H]2OP(O)(=S)OCC2O[C@@H](c3cnc4c(N)ncnn34)C[C@@H]2O)c(=O)[nH]1. The number of ether oxygens (including phenoxy) is 2. The molecule has 2 saturated heterocycles. The van der Waals surface area contributed by atoms with Crippen LogP contribution in [0, 0.1) is 0 Å². The smallest absolute Gasteiger partial charge is 0.325 e. The maximum Gasteiger partial charge on any atom is 0.325 e. The molecule has 2 fully saturated rings. The molecule has 2 aliphatic rings. The van der Waals surface area contributed by atoms with Crippen LogP contribution >= 0.6 is 6.72 Å². The topological polar surface area (TPSA) is 269 Å². The largest absolute Gasteiger partial charge is 0.394 e. The molecule has 4 aromatic rings. The van der Waals surface area contributed by atoms with Crippen LogP contribution in [0.25, 0.3) is 16.8 Å². The van der Waals surface area contributed by atoms with E-state index in [1.54, 1.807) is 0 Å². The number of aliphatic hydroxyl groups is 2. The number of rotatable bonds is 8. The first kappa shape index (κ1) is 27.9. The maximum atomic E-state index is 15.3. The van der Waals surface area contributed by atoms with Crippen molar-refractivity contribution in [2.24, 2.45) is 0 Å². The number of aromatic amines is 1. The van der Waals surface area contributed by atoms with Gasteiger partial charge in [0.05, 0.1) is 31.2 Å². The number of nitrogens with zero attached hydrogens (tertiary/aromatic N) is 8. The van der Waals surface area contributed by atoms with Crippen LogP contribution < -0.4 is 17.0 Å². The molecule has 6 rings (SSSR count). The first-order valence-corrected chi connectivity index (χ1v) is 14.6. The highest BCUT2D eigenvalue weighted by atomic mass is 32.5. The zero-order valence-electron chi connectivity index (χ0n) is 20.7. The van der Waals surface area contributed by atoms with Crippen molar-refractivity contribution in [1.29, 1.82) is 0 Å². The molecule has 41 heavy (non-hydrogen) atoms. The average Bonchev–Trinajstić information content (AvgIpc) is 3.69. The molecule has 6 heterocycles. The third-order valence-electron chi connectivity index (χ3n) is 6.61. The first-order valence-electron chi connectivity index (χ1n) is 12.0. The summed E-state index contributed by atoms with van der Waals surface area (Å²) in [6.45, 7) is -5.40. The zero-order chi connectivity index (χ0) is 29.1. The molecule has 8 N–H and O–H groups in total. The fourth-order valence-corrected chi connectivity index (χ4v) is 6.08. The molecule has 8 atom stereocenters. The van der Waals surface area contributed by atoms with Crippen LogP contribution in [-0.2, 0) is 30.3 Å². The van der Waals surface area contributed by atoms with Crippen molar-refractivity contribution in [3.63, 3.8) is 0 Å². The molecule has 2 aliphatic heterocycles. The lowest BCUT2D eigenvalue weighted by Crippen LogP contribution is -2.33. The van der Waals surface area contributed by atoms with Crippen LogP contribution in [0.5, 0.6) is 0 Å². The van der Waals surface area contributed by atoms with Gasteiger partial charge in [0, 0.05) is 6.42 Å². The minimum atomic E-state index is -4.23. The Morgan fingerprint density at radius 1 is 1.27 bits per heavy atom. The fourth-order valence-electron chi connectivity index (χ4n) is 4.67. The number of anilines is 2. The Balaban J connectivity index is 1.17. The maximum absolute atomic E-state index is 15.3. The van der Waals surface area contributed by atoms with Gasteiger partial charge in [0.25, 0.3) is 5.56 Å². The lowest BCUT2D eigenvalue weighted by Gasteiger charge is -2.25. The molecule has 220 valence electrons. The highest BCUT2D eigenvalue weighted by Crippen LogP contribution is 2.50. The van der Waals surface area contributed by atoms with Gasteiger partial charge in [-0.1, -0.05) is 5.21 Å². The molecular weight excluding hydrogens is 592 g/mol. The summed E-state index contributed by atoms with van der Waals surface area (Å²) < 4.78 is 40.0. The summed E-state index contributed by atoms with van der Waals surface area (Å²) in [5, 5.41) is 31.8. The third-order valence-corrected chi connectivity index (χ3v) is 8.17. The number of aliphatic hydroxyl groups excluding tert-OH is 2. The highest BCUT2D eigenvalue weighted by molar-refractivity contribution is 8.07. The normalized spacial score (nSPS) is 29.9. The molecule has 2 unspecified atom stereocenters. The van der Waals surface area contributed by atoms with Gasteiger partial charge in [-0.15, -0.1) is 5.10 Å². The number of hydrogen-bond donors (Lipinski definition) is 6. The Morgan fingerprint density at radius 3 is 2.85 bits per heavy atom. The summed E-state index contributed by atoms with van der Waals surface area (Å²) in [5.41, 5.74) is 11.2. The predicted molar refractivity (Wildman–Crippen MR) is 137 cm³/mol. The van der Waals surface area contributed by atoms with E-state index in [1.165, 1.54) is 17.0 Å². The highest BCUT2D eigenvalue weighted by Gasteiger charge is 2.50. The van der Waals surface area contributed by atoms with Gasteiger partial charge in [0.2, 0.25) is 5.95 Å².